The van der Waals surface area contributed by atoms with Crippen LogP contribution in [0.25, 0.3) is 0 Å². The van der Waals surface area contributed by atoms with Gasteiger partial charge in [-0.3, -0.25) is 15.2 Å². The predicted molar refractivity (Wildman–Crippen MR) is 144 cm³/mol. The van der Waals surface area contributed by atoms with E-state index in [2.05, 4.69) is 52.4 Å². The second-order valence-electron chi connectivity index (χ2n) is 11.5. The van der Waals surface area contributed by atoms with E-state index >= 15 is 0 Å². The normalized spacial score (nSPS) is 28.3. The molecule has 2 aliphatic heterocycles. The minimum atomic E-state index is -5.08. The molecule has 0 aromatic heterocycles. The molecule has 1 aromatic rings. The van der Waals surface area contributed by atoms with Gasteiger partial charge in [-0.05, 0) is 51.0 Å². The summed E-state index contributed by atoms with van der Waals surface area (Å²) < 4.78 is 31.7. The van der Waals surface area contributed by atoms with Gasteiger partial charge >= 0.3 is 18.2 Å². The summed E-state index contributed by atoms with van der Waals surface area (Å²) in [7, 11) is 0. The average molecular weight is 551 g/mol. The lowest BCUT2D eigenvalue weighted by Crippen LogP contribution is -2.61. The number of rotatable bonds is 4. The van der Waals surface area contributed by atoms with Crippen molar-refractivity contribution in [2.45, 2.75) is 120 Å². The highest BCUT2D eigenvalue weighted by atomic mass is 19.4. The molecule has 0 radical (unpaired) electrons. The molecule has 7 nitrogen and oxygen atoms in total. The molecule has 10 heteroatoms. The Hall–Kier alpha value is -2.62. The van der Waals surface area contributed by atoms with Gasteiger partial charge in [0.2, 0.25) is 0 Å². The van der Waals surface area contributed by atoms with Gasteiger partial charge in [0, 0.05) is 25.2 Å². The first kappa shape index (κ1) is 29.4. The second-order valence-corrected chi connectivity index (χ2v) is 11.5. The number of hydrogen-bond donors (Lipinski definition) is 2. The molecule has 0 bridgehead atoms. The lowest BCUT2D eigenvalue weighted by molar-refractivity contribution is -0.192. The molecule has 4 fully saturated rings. The van der Waals surface area contributed by atoms with Gasteiger partial charge in [0.15, 0.2) is 0 Å². The van der Waals surface area contributed by atoms with Gasteiger partial charge in [0.05, 0.1) is 6.04 Å². The number of benzene rings is 1. The van der Waals surface area contributed by atoms with E-state index in [-0.39, 0.29) is 11.6 Å². The SMILES string of the molecule is C[C@H]1C[C@]2(CCN1Cc1ccccc1)C(=NC1CCCCC1)NC(=O)N2C1CCCCC1.O=C(O)C(F)(F)F. The van der Waals surface area contributed by atoms with Crippen LogP contribution in [0.2, 0.25) is 0 Å². The van der Waals surface area contributed by atoms with Crippen LogP contribution in [0.3, 0.4) is 0 Å². The van der Waals surface area contributed by atoms with Crippen LogP contribution in [0, 0.1) is 0 Å². The number of carboxylic acids is 1. The van der Waals surface area contributed by atoms with Crippen LogP contribution in [0.1, 0.15) is 89.5 Å². The quantitative estimate of drug-likeness (QED) is 0.472. The van der Waals surface area contributed by atoms with Crippen molar-refractivity contribution in [2.75, 3.05) is 6.54 Å². The summed E-state index contributed by atoms with van der Waals surface area (Å²) in [6.07, 6.45) is 9.22. The number of nitrogens with one attached hydrogen (secondary N) is 1. The first-order chi connectivity index (χ1) is 18.6. The number of carbonyl (C=O) groups excluding carboxylic acids is 1. The maximum atomic E-state index is 13.4. The Morgan fingerprint density at radius 1 is 1.05 bits per heavy atom. The number of carboxylic acid groups (broad SMARTS) is 1. The number of amidine groups is 1. The highest BCUT2D eigenvalue weighted by Gasteiger charge is 2.56. The van der Waals surface area contributed by atoms with Crippen LogP contribution in [-0.2, 0) is 11.3 Å². The summed E-state index contributed by atoms with van der Waals surface area (Å²) in [5.74, 6) is -1.75. The summed E-state index contributed by atoms with van der Waals surface area (Å²) in [6, 6.07) is 12.1. The van der Waals surface area contributed by atoms with Crippen molar-refractivity contribution in [3.8, 4) is 0 Å². The van der Waals surface area contributed by atoms with Crippen molar-refractivity contribution in [1.29, 1.82) is 0 Å². The fraction of sp³-hybridized carbons (Fsp3) is 0.690. The van der Waals surface area contributed by atoms with E-state index in [9.17, 15) is 18.0 Å². The molecule has 1 aromatic carbocycles. The summed E-state index contributed by atoms with van der Waals surface area (Å²) in [6.45, 7) is 4.35. The van der Waals surface area contributed by atoms with Crippen molar-refractivity contribution < 1.29 is 27.9 Å². The van der Waals surface area contributed by atoms with Crippen LogP contribution in [0.5, 0.6) is 0 Å². The van der Waals surface area contributed by atoms with Gasteiger partial charge < -0.3 is 10.0 Å². The lowest BCUT2D eigenvalue weighted by atomic mass is 9.79. The van der Waals surface area contributed by atoms with E-state index in [1.54, 1.807) is 0 Å². The molecule has 2 saturated heterocycles. The molecule has 2 saturated carbocycles. The molecule has 5 rings (SSSR count). The Balaban J connectivity index is 0.000000448. The van der Waals surface area contributed by atoms with Crippen molar-refractivity contribution in [1.82, 2.24) is 15.1 Å². The van der Waals surface area contributed by atoms with Crippen molar-refractivity contribution in [3.63, 3.8) is 0 Å². The molecule has 216 valence electrons. The number of likely N-dealkylation sites (tertiary alicyclic amines) is 1. The molecule has 39 heavy (non-hydrogen) atoms. The summed E-state index contributed by atoms with van der Waals surface area (Å²) in [5.41, 5.74) is 1.14. The number of amides is 2. The second kappa shape index (κ2) is 12.7. The van der Waals surface area contributed by atoms with Gasteiger partial charge in [-0.25, -0.2) is 9.59 Å². The van der Waals surface area contributed by atoms with E-state index in [0.29, 0.717) is 18.1 Å². The molecular weight excluding hydrogens is 509 g/mol. The Labute approximate surface area is 228 Å². The van der Waals surface area contributed by atoms with Crippen LogP contribution in [0.4, 0.5) is 18.0 Å². The molecule has 2 atom stereocenters. The van der Waals surface area contributed by atoms with Gasteiger partial charge in [0.25, 0.3) is 0 Å². The number of hydrogen-bond acceptors (Lipinski definition) is 4. The van der Waals surface area contributed by atoms with Gasteiger partial charge in [-0.15, -0.1) is 0 Å². The zero-order valence-corrected chi connectivity index (χ0v) is 22.8. The molecule has 0 unspecified atom stereocenters. The number of urea groups is 1. The van der Waals surface area contributed by atoms with E-state index in [0.717, 1.165) is 44.6 Å². The summed E-state index contributed by atoms with van der Waals surface area (Å²) in [5, 5.41) is 10.4. The standard InChI is InChI=1S/C27H40N4O.C2HF3O2/c1-21-19-27(17-18-30(21)20-22-11-5-2-6-12-22)25(28-23-13-7-3-8-14-23)29-26(32)31(27)24-15-9-4-10-16-24;3-2(4,5)1(6)7/h2,5-6,11-12,21,23-24H,3-4,7-10,13-20H2,1H3,(H,28,29,32);(H,6,7)/t21-,27+;/m0./s1. The number of halogens is 3. The molecule has 4 aliphatic rings. The van der Waals surface area contributed by atoms with Gasteiger partial charge in [-0.1, -0.05) is 68.9 Å². The zero-order chi connectivity index (χ0) is 28.0. The van der Waals surface area contributed by atoms with E-state index < -0.39 is 12.1 Å². The third-order valence-electron chi connectivity index (χ3n) is 8.71. The topological polar surface area (TPSA) is 85.2 Å². The number of carbonyl (C=O) groups is 2. The van der Waals surface area contributed by atoms with E-state index in [4.69, 9.17) is 14.9 Å². The maximum Gasteiger partial charge on any atom is 0.490 e. The summed E-state index contributed by atoms with van der Waals surface area (Å²) in [4.78, 5) is 32.4. The highest BCUT2D eigenvalue weighted by Crippen LogP contribution is 2.42. The first-order valence-electron chi connectivity index (χ1n) is 14.4. The van der Waals surface area contributed by atoms with Crippen LogP contribution >= 0.6 is 0 Å². The predicted octanol–water partition coefficient (Wildman–Crippen LogP) is 6.13. The van der Waals surface area contributed by atoms with Crippen LogP contribution in [-0.4, -0.2) is 69.1 Å². The Morgan fingerprint density at radius 3 is 2.21 bits per heavy atom. The molecule has 1 spiro atoms. The number of aliphatic carboxylic acids is 1. The molecule has 2 aliphatic carbocycles. The molecular formula is C29H41F3N4O3. The third-order valence-corrected chi connectivity index (χ3v) is 8.71. The first-order valence-corrected chi connectivity index (χ1v) is 14.4. The summed E-state index contributed by atoms with van der Waals surface area (Å²) >= 11 is 0. The number of piperidine rings is 1. The van der Waals surface area contributed by atoms with E-state index in [1.165, 1.54) is 56.9 Å². The Bertz CT molecular complexity index is 1010. The lowest BCUT2D eigenvalue weighted by Gasteiger charge is -2.50. The fourth-order valence-electron chi connectivity index (χ4n) is 6.74. The third kappa shape index (κ3) is 7.13. The molecule has 2 heterocycles. The minimum absolute atomic E-state index is 0.121. The van der Waals surface area contributed by atoms with Crippen molar-refractivity contribution in [2.24, 2.45) is 4.99 Å². The number of nitrogens with zero attached hydrogens (tertiary/aromatic N) is 3. The average Bonchev–Trinajstić information content (AvgIpc) is 3.17. The van der Waals surface area contributed by atoms with E-state index in [1.807, 2.05) is 0 Å². The highest BCUT2D eigenvalue weighted by molar-refractivity contribution is 6.10. The smallest absolute Gasteiger partial charge is 0.475 e. The maximum absolute atomic E-state index is 13.4. The van der Waals surface area contributed by atoms with Crippen LogP contribution in [0.15, 0.2) is 35.3 Å². The fourth-order valence-corrected chi connectivity index (χ4v) is 6.74. The van der Waals surface area contributed by atoms with Gasteiger partial charge in [-0.2, -0.15) is 13.2 Å². The Morgan fingerprint density at radius 2 is 1.64 bits per heavy atom. The number of alkyl halides is 3. The largest absolute Gasteiger partial charge is 0.490 e. The van der Waals surface area contributed by atoms with Crippen molar-refractivity contribution in [3.05, 3.63) is 35.9 Å². The monoisotopic (exact) mass is 550 g/mol. The minimum Gasteiger partial charge on any atom is -0.475 e. The molecule has 2 amide bonds. The van der Waals surface area contributed by atoms with Gasteiger partial charge in [0.1, 0.15) is 11.4 Å². The molecule has 2 N–H and O–H groups in total. The van der Waals surface area contributed by atoms with Crippen LogP contribution < -0.4 is 5.32 Å². The zero-order valence-electron chi connectivity index (χ0n) is 22.8. The number of aliphatic imine (C=N–C) groups is 1. The van der Waals surface area contributed by atoms with Crippen molar-refractivity contribution >= 4 is 17.8 Å². The Kier molecular flexibility index (Phi) is 9.56.